The summed E-state index contributed by atoms with van der Waals surface area (Å²) in [6.07, 6.45) is 20.6. The zero-order valence-corrected chi connectivity index (χ0v) is 22.8. The van der Waals surface area contributed by atoms with Crippen molar-refractivity contribution in [2.75, 3.05) is 33.2 Å². The monoisotopic (exact) mass is 497 g/mol. The maximum atomic E-state index is 6.97. The number of allylic oxidation sites excluding steroid dienone is 1. The first-order valence-electron chi connectivity index (χ1n) is 14.9. The summed E-state index contributed by atoms with van der Waals surface area (Å²) in [4.78, 5) is 9.60. The lowest BCUT2D eigenvalue weighted by Crippen LogP contribution is -2.53. The molecular formula is C33H43N3O. The second kappa shape index (κ2) is 9.32. The summed E-state index contributed by atoms with van der Waals surface area (Å²) in [5, 5.41) is 2.56. The van der Waals surface area contributed by atoms with Crippen LogP contribution in [0.3, 0.4) is 0 Å². The minimum Gasteiger partial charge on any atom is -0.363 e. The van der Waals surface area contributed by atoms with Crippen LogP contribution in [-0.4, -0.2) is 65.8 Å². The van der Waals surface area contributed by atoms with E-state index < -0.39 is 0 Å². The number of nitrogens with zero attached hydrogens (tertiary/aromatic N) is 3. The summed E-state index contributed by atoms with van der Waals surface area (Å²) in [6.45, 7) is 7.39. The first-order valence-corrected chi connectivity index (χ1v) is 14.9. The molecule has 5 atom stereocenters. The van der Waals surface area contributed by atoms with Gasteiger partial charge in [0.15, 0.2) is 0 Å². The van der Waals surface area contributed by atoms with Crippen LogP contribution in [0.1, 0.15) is 76.2 Å². The summed E-state index contributed by atoms with van der Waals surface area (Å²) in [5.41, 5.74) is 4.93. The molecule has 1 aromatic heterocycles. The summed E-state index contributed by atoms with van der Waals surface area (Å²) in [5.74, 6) is 0.618. The van der Waals surface area contributed by atoms with Crippen LogP contribution in [0.25, 0.3) is 10.8 Å². The molecule has 2 saturated heterocycles. The number of likely N-dealkylation sites (N-methyl/N-ethyl adjacent to an activating group) is 1. The highest BCUT2D eigenvalue weighted by molar-refractivity contribution is 5.82. The van der Waals surface area contributed by atoms with Gasteiger partial charge in [0.25, 0.3) is 0 Å². The van der Waals surface area contributed by atoms with Gasteiger partial charge in [-0.3, -0.25) is 9.88 Å². The van der Waals surface area contributed by atoms with Gasteiger partial charge in [-0.15, -0.1) is 0 Å². The second-order valence-corrected chi connectivity index (χ2v) is 13.0. The van der Waals surface area contributed by atoms with Gasteiger partial charge in [0.05, 0.1) is 11.7 Å². The number of fused-ring (bicyclic) bond motifs is 2. The van der Waals surface area contributed by atoms with Crippen LogP contribution in [0.2, 0.25) is 0 Å². The summed E-state index contributed by atoms with van der Waals surface area (Å²) >= 11 is 0. The largest absolute Gasteiger partial charge is 0.363 e. The van der Waals surface area contributed by atoms with Gasteiger partial charge in [0.2, 0.25) is 0 Å². The fourth-order valence-corrected chi connectivity index (χ4v) is 8.44. The Morgan fingerprint density at radius 2 is 1.95 bits per heavy atom. The lowest BCUT2D eigenvalue weighted by atomic mass is 9.72. The predicted octanol–water partition coefficient (Wildman–Crippen LogP) is 6.48. The van der Waals surface area contributed by atoms with Crippen molar-refractivity contribution in [3.63, 3.8) is 0 Å². The van der Waals surface area contributed by atoms with Gasteiger partial charge in [-0.2, -0.15) is 0 Å². The number of hydrogen-bond donors (Lipinski definition) is 0. The SMILES string of the molecule is CN1CCN(C2CCC3=CC(=CCC4(C)CCCC4c4ccc5ccncc5c4)C4CCC3(C2)O4)CC1. The maximum Gasteiger partial charge on any atom is 0.0919 e. The van der Waals surface area contributed by atoms with Crippen LogP contribution in [0.5, 0.6) is 0 Å². The van der Waals surface area contributed by atoms with E-state index in [-0.39, 0.29) is 5.60 Å². The highest BCUT2D eigenvalue weighted by Gasteiger charge is 2.51. The molecule has 4 fully saturated rings. The van der Waals surface area contributed by atoms with E-state index in [1.165, 1.54) is 99.5 Å². The lowest BCUT2D eigenvalue weighted by Gasteiger charge is -2.47. The lowest BCUT2D eigenvalue weighted by molar-refractivity contribution is -0.0488. The molecule has 2 saturated carbocycles. The molecule has 37 heavy (non-hydrogen) atoms. The highest BCUT2D eigenvalue weighted by atomic mass is 16.5. The van der Waals surface area contributed by atoms with E-state index in [0.29, 0.717) is 23.5 Å². The Morgan fingerprint density at radius 3 is 2.84 bits per heavy atom. The molecule has 1 aromatic carbocycles. The summed E-state index contributed by atoms with van der Waals surface area (Å²) in [6, 6.07) is 9.89. The zero-order valence-electron chi connectivity index (χ0n) is 22.8. The second-order valence-electron chi connectivity index (χ2n) is 13.0. The van der Waals surface area contributed by atoms with Gasteiger partial charge in [-0.1, -0.05) is 37.6 Å². The third-order valence-electron chi connectivity index (χ3n) is 10.8. The minimum absolute atomic E-state index is 0.0349. The normalized spacial score (nSPS) is 37.7. The molecule has 2 aromatic rings. The molecule has 0 amide bonds. The number of ether oxygens (including phenoxy) is 1. The van der Waals surface area contributed by atoms with Crippen LogP contribution < -0.4 is 0 Å². The number of piperazine rings is 1. The minimum atomic E-state index is 0.0349. The smallest absolute Gasteiger partial charge is 0.0919 e. The van der Waals surface area contributed by atoms with Gasteiger partial charge in [0.1, 0.15) is 0 Å². The van der Waals surface area contributed by atoms with E-state index in [2.05, 4.69) is 65.2 Å². The van der Waals surface area contributed by atoms with Crippen molar-refractivity contribution in [2.24, 2.45) is 5.41 Å². The van der Waals surface area contributed by atoms with Gasteiger partial charge in [0, 0.05) is 50.0 Å². The molecule has 1 spiro atoms. The zero-order chi connectivity index (χ0) is 25.0. The number of rotatable bonds is 4. The van der Waals surface area contributed by atoms with E-state index in [1.807, 2.05) is 12.4 Å². The Bertz CT molecular complexity index is 1230. The van der Waals surface area contributed by atoms with Gasteiger partial charge < -0.3 is 9.64 Å². The molecule has 196 valence electrons. The third-order valence-corrected chi connectivity index (χ3v) is 10.8. The first kappa shape index (κ1) is 24.1. The molecule has 5 aliphatic rings. The predicted molar refractivity (Wildman–Crippen MR) is 151 cm³/mol. The molecule has 4 nitrogen and oxygen atoms in total. The molecule has 2 bridgehead atoms. The van der Waals surface area contributed by atoms with Crippen molar-refractivity contribution in [2.45, 2.75) is 88.4 Å². The van der Waals surface area contributed by atoms with Gasteiger partial charge in [-0.25, -0.2) is 0 Å². The molecular weight excluding hydrogens is 454 g/mol. The number of benzene rings is 1. The van der Waals surface area contributed by atoms with E-state index in [4.69, 9.17) is 4.74 Å². The van der Waals surface area contributed by atoms with Crippen LogP contribution in [-0.2, 0) is 4.74 Å². The first-order chi connectivity index (χ1) is 18.0. The van der Waals surface area contributed by atoms with E-state index in [1.54, 1.807) is 5.57 Å². The fourth-order valence-electron chi connectivity index (χ4n) is 8.44. The van der Waals surface area contributed by atoms with Crippen LogP contribution >= 0.6 is 0 Å². The van der Waals surface area contributed by atoms with Crippen molar-refractivity contribution in [1.29, 1.82) is 0 Å². The van der Waals surface area contributed by atoms with Gasteiger partial charge >= 0.3 is 0 Å². The Balaban J connectivity index is 1.09. The van der Waals surface area contributed by atoms with Crippen molar-refractivity contribution >= 4 is 10.8 Å². The highest BCUT2D eigenvalue weighted by Crippen LogP contribution is 2.54. The van der Waals surface area contributed by atoms with Crippen molar-refractivity contribution in [3.05, 3.63) is 65.5 Å². The third kappa shape index (κ3) is 4.30. The van der Waals surface area contributed by atoms with Crippen molar-refractivity contribution in [1.82, 2.24) is 14.8 Å². The topological polar surface area (TPSA) is 28.6 Å². The molecule has 5 unspecified atom stereocenters. The fraction of sp³-hybridized carbons (Fsp3) is 0.606. The molecule has 0 N–H and O–H groups in total. The quantitative estimate of drug-likeness (QED) is 0.483. The summed E-state index contributed by atoms with van der Waals surface area (Å²) < 4.78 is 6.97. The van der Waals surface area contributed by atoms with Gasteiger partial charge in [-0.05, 0) is 104 Å². The number of aromatic nitrogens is 1. The molecule has 0 radical (unpaired) electrons. The average molecular weight is 498 g/mol. The van der Waals surface area contributed by atoms with Crippen LogP contribution in [0, 0.1) is 5.41 Å². The van der Waals surface area contributed by atoms with Crippen molar-refractivity contribution in [3.8, 4) is 0 Å². The van der Waals surface area contributed by atoms with Crippen LogP contribution in [0.4, 0.5) is 0 Å². The van der Waals surface area contributed by atoms with E-state index in [9.17, 15) is 0 Å². The average Bonchev–Trinajstić information content (AvgIpc) is 3.48. The van der Waals surface area contributed by atoms with Crippen LogP contribution in [0.15, 0.2) is 60.0 Å². The van der Waals surface area contributed by atoms with Crippen molar-refractivity contribution < 1.29 is 4.74 Å². The maximum absolute atomic E-state index is 6.97. The number of hydrogen-bond acceptors (Lipinski definition) is 4. The molecule has 2 aliphatic carbocycles. The summed E-state index contributed by atoms with van der Waals surface area (Å²) in [7, 11) is 2.25. The number of pyridine rings is 1. The Kier molecular flexibility index (Phi) is 6.06. The molecule has 7 rings (SSSR count). The Morgan fingerprint density at radius 1 is 1.05 bits per heavy atom. The van der Waals surface area contributed by atoms with E-state index in [0.717, 1.165) is 6.42 Å². The molecule has 3 aliphatic heterocycles. The van der Waals surface area contributed by atoms with E-state index >= 15 is 0 Å². The molecule has 4 heteroatoms. The Hall–Kier alpha value is -2.01. The molecule has 4 heterocycles. The Labute approximate surface area is 222 Å². The standard InChI is InChI=1S/C33H43N3O/c1-32(12-3-4-30(32)25-6-5-24-11-15-34-23-27(24)20-25)13-9-26-21-28-7-8-29(36-18-16-35(2)17-19-36)22-33(28)14-10-31(26)37-33/h5-6,9,11,15,20-21,23,29-31H,3-4,7-8,10,12-14,16-19,22H2,1-2H3.